The van der Waals surface area contributed by atoms with Crippen molar-refractivity contribution in [1.82, 2.24) is 4.90 Å². The molecule has 0 bridgehead atoms. The zero-order valence-corrected chi connectivity index (χ0v) is 17.3. The third-order valence-electron chi connectivity index (χ3n) is 5.20. The molecule has 3 rings (SSSR count). The van der Waals surface area contributed by atoms with Gasteiger partial charge in [-0.25, -0.2) is 9.69 Å². The Morgan fingerprint density at radius 1 is 1.16 bits per heavy atom. The summed E-state index contributed by atoms with van der Waals surface area (Å²) >= 11 is 0. The van der Waals surface area contributed by atoms with Crippen LogP contribution in [-0.4, -0.2) is 43.9 Å². The van der Waals surface area contributed by atoms with E-state index in [4.69, 9.17) is 14.7 Å². The van der Waals surface area contributed by atoms with Gasteiger partial charge in [-0.3, -0.25) is 9.69 Å². The average molecular weight is 446 g/mol. The van der Waals surface area contributed by atoms with Crippen LogP contribution in [0.5, 0.6) is 0 Å². The largest absolute Gasteiger partial charge is 0.417 e. The summed E-state index contributed by atoms with van der Waals surface area (Å²) in [7, 11) is 1.48. The maximum atomic E-state index is 13.5. The zero-order chi connectivity index (χ0) is 23.5. The van der Waals surface area contributed by atoms with Crippen molar-refractivity contribution in [3.63, 3.8) is 0 Å². The molecule has 10 heteroatoms. The molecule has 2 aromatic carbocycles. The van der Waals surface area contributed by atoms with Crippen LogP contribution in [0, 0.1) is 17.4 Å². The Morgan fingerprint density at radius 3 is 2.44 bits per heavy atom. The Balaban J connectivity index is 2.08. The fraction of sp³-hybridized carbons (Fsp3) is 0.318. The molecule has 3 amide bonds. The minimum absolute atomic E-state index is 0.141. The smallest absolute Gasteiger partial charge is 0.382 e. The molecule has 1 unspecified atom stereocenters. The number of hydrogen-bond donors (Lipinski definition) is 0. The van der Waals surface area contributed by atoms with Crippen LogP contribution in [0.25, 0.3) is 0 Å². The molecular formula is C22H19F3N3O4. The molecule has 7 nitrogen and oxygen atoms in total. The lowest BCUT2D eigenvalue weighted by Crippen LogP contribution is -2.45. The minimum Gasteiger partial charge on any atom is -0.382 e. The Morgan fingerprint density at radius 2 is 1.84 bits per heavy atom. The first kappa shape index (κ1) is 23.2. The van der Waals surface area contributed by atoms with E-state index in [-0.39, 0.29) is 25.6 Å². The maximum absolute atomic E-state index is 13.5. The van der Waals surface area contributed by atoms with Gasteiger partial charge in [0.05, 0.1) is 36.1 Å². The number of carbonyl (C=O) groups is 2. The molecule has 1 heterocycles. The van der Waals surface area contributed by atoms with Crippen LogP contribution in [0.2, 0.25) is 0 Å². The highest BCUT2D eigenvalue weighted by molar-refractivity contribution is 6.23. The topological polar surface area (TPSA) is 82.9 Å². The Bertz CT molecular complexity index is 1050. The van der Waals surface area contributed by atoms with Crippen LogP contribution in [-0.2, 0) is 26.0 Å². The van der Waals surface area contributed by atoms with E-state index in [0.717, 1.165) is 17.0 Å². The van der Waals surface area contributed by atoms with E-state index in [1.54, 1.807) is 24.3 Å². The van der Waals surface area contributed by atoms with Gasteiger partial charge in [-0.05, 0) is 36.8 Å². The zero-order valence-electron chi connectivity index (χ0n) is 17.3. The molecule has 2 aromatic rings. The number of halogens is 3. The summed E-state index contributed by atoms with van der Waals surface area (Å²) < 4.78 is 50.7. The molecule has 1 saturated heterocycles. The van der Waals surface area contributed by atoms with E-state index in [1.165, 1.54) is 20.1 Å². The fourth-order valence-electron chi connectivity index (χ4n) is 3.44. The molecular weight excluding hydrogens is 427 g/mol. The van der Waals surface area contributed by atoms with Crippen molar-refractivity contribution in [1.29, 1.82) is 5.26 Å². The summed E-state index contributed by atoms with van der Waals surface area (Å²) in [5.74, 6) is -0.748. The van der Waals surface area contributed by atoms with E-state index in [1.807, 2.05) is 0 Å². The molecule has 0 N–H and O–H groups in total. The summed E-state index contributed by atoms with van der Waals surface area (Å²) in [5.41, 5.74) is -3.23. The van der Waals surface area contributed by atoms with Crippen LogP contribution in [0.1, 0.15) is 23.6 Å². The van der Waals surface area contributed by atoms with E-state index < -0.39 is 34.8 Å². The molecule has 1 aliphatic heterocycles. The molecule has 0 aliphatic carbocycles. The van der Waals surface area contributed by atoms with Crippen LogP contribution < -0.4 is 4.90 Å². The SMILES string of the molecule is COCCOCN1C(=O)N(c2ccc(C#N)c(C(F)(F)F)c2)C(=O)C1(C)c1cc[c]cc1. The second-order valence-corrected chi connectivity index (χ2v) is 7.08. The molecule has 1 fully saturated rings. The summed E-state index contributed by atoms with van der Waals surface area (Å²) in [6.07, 6.45) is -4.84. The third kappa shape index (κ3) is 4.04. The number of ether oxygens (including phenoxy) is 2. The lowest BCUT2D eigenvalue weighted by molar-refractivity contribution is -0.137. The van der Waals surface area contributed by atoms with Crippen molar-refractivity contribution in [2.24, 2.45) is 0 Å². The van der Waals surface area contributed by atoms with Gasteiger partial charge in [-0.2, -0.15) is 18.4 Å². The first-order chi connectivity index (χ1) is 15.2. The number of nitrogens with zero attached hydrogens (tertiary/aromatic N) is 3. The van der Waals surface area contributed by atoms with Crippen LogP contribution >= 0.6 is 0 Å². The van der Waals surface area contributed by atoms with Crippen molar-refractivity contribution in [2.45, 2.75) is 18.6 Å². The van der Waals surface area contributed by atoms with Crippen molar-refractivity contribution >= 4 is 17.6 Å². The van der Waals surface area contributed by atoms with Crippen LogP contribution in [0.15, 0.2) is 42.5 Å². The lowest BCUT2D eigenvalue weighted by Gasteiger charge is -2.31. The van der Waals surface area contributed by atoms with Gasteiger partial charge in [-0.15, -0.1) is 0 Å². The number of carbonyl (C=O) groups excluding carboxylic acids is 2. The minimum atomic E-state index is -4.84. The standard InChI is InChI=1S/C22H19F3N3O4/c1-21(16-6-4-3-5-7-16)19(29)28(20(30)27(21)14-32-11-10-31-2)17-9-8-15(13-26)18(12-17)22(23,24)25/h4-9,12H,10-11,14H2,1-2H3. The average Bonchev–Trinajstić information content (AvgIpc) is 2.97. The highest BCUT2D eigenvalue weighted by Gasteiger charge is 2.56. The molecule has 0 aromatic heterocycles. The van der Waals surface area contributed by atoms with Gasteiger partial charge in [0.1, 0.15) is 12.3 Å². The molecule has 0 saturated carbocycles. The summed E-state index contributed by atoms with van der Waals surface area (Å²) in [5, 5.41) is 9.02. The van der Waals surface area contributed by atoms with E-state index in [9.17, 15) is 22.8 Å². The number of amides is 3. The van der Waals surface area contributed by atoms with Crippen LogP contribution in [0.4, 0.5) is 23.7 Å². The van der Waals surface area contributed by atoms with Gasteiger partial charge < -0.3 is 9.47 Å². The van der Waals surface area contributed by atoms with Gasteiger partial charge in [0.15, 0.2) is 0 Å². The lowest BCUT2D eigenvalue weighted by atomic mass is 9.90. The second-order valence-electron chi connectivity index (χ2n) is 7.08. The Kier molecular flexibility index (Phi) is 6.52. The number of imide groups is 1. The second kappa shape index (κ2) is 8.98. The number of rotatable bonds is 7. The Labute approximate surface area is 182 Å². The van der Waals surface area contributed by atoms with Gasteiger partial charge in [-0.1, -0.05) is 24.3 Å². The first-order valence-corrected chi connectivity index (χ1v) is 9.47. The van der Waals surface area contributed by atoms with Gasteiger partial charge in [0.25, 0.3) is 5.91 Å². The van der Waals surface area contributed by atoms with E-state index >= 15 is 0 Å². The molecule has 0 spiro atoms. The summed E-state index contributed by atoms with van der Waals surface area (Å²) in [6.45, 7) is 1.60. The fourth-order valence-corrected chi connectivity index (χ4v) is 3.44. The summed E-state index contributed by atoms with van der Waals surface area (Å²) in [6, 6.07) is 12.5. The van der Waals surface area contributed by atoms with E-state index in [0.29, 0.717) is 16.5 Å². The number of methoxy groups -OCH3 is 1. The van der Waals surface area contributed by atoms with Gasteiger partial charge in [0, 0.05) is 7.11 Å². The molecule has 167 valence electrons. The number of nitriles is 1. The number of urea groups is 1. The first-order valence-electron chi connectivity index (χ1n) is 9.47. The maximum Gasteiger partial charge on any atom is 0.417 e. The number of anilines is 1. The van der Waals surface area contributed by atoms with E-state index in [2.05, 4.69) is 6.07 Å². The molecule has 32 heavy (non-hydrogen) atoms. The highest BCUT2D eigenvalue weighted by atomic mass is 19.4. The molecule has 1 atom stereocenters. The van der Waals surface area contributed by atoms with Crippen molar-refractivity contribution in [3.8, 4) is 6.07 Å². The normalized spacial score (nSPS) is 18.9. The molecule has 1 radical (unpaired) electrons. The highest BCUT2D eigenvalue weighted by Crippen LogP contribution is 2.41. The van der Waals surface area contributed by atoms with Crippen molar-refractivity contribution in [3.05, 3.63) is 65.2 Å². The van der Waals surface area contributed by atoms with Crippen molar-refractivity contribution in [2.75, 3.05) is 32.0 Å². The quantitative estimate of drug-likeness (QED) is 0.479. The predicted octanol–water partition coefficient (Wildman–Crippen LogP) is 3.68. The third-order valence-corrected chi connectivity index (χ3v) is 5.20. The molecule has 1 aliphatic rings. The predicted molar refractivity (Wildman–Crippen MR) is 106 cm³/mol. The number of hydrogen-bond acceptors (Lipinski definition) is 5. The number of benzene rings is 2. The van der Waals surface area contributed by atoms with Crippen molar-refractivity contribution < 1.29 is 32.2 Å². The van der Waals surface area contributed by atoms with Gasteiger partial charge in [0.2, 0.25) is 0 Å². The van der Waals surface area contributed by atoms with Gasteiger partial charge >= 0.3 is 12.2 Å². The summed E-state index contributed by atoms with van der Waals surface area (Å²) in [4.78, 5) is 28.5. The Hall–Kier alpha value is -3.42. The number of alkyl halides is 3. The monoisotopic (exact) mass is 446 g/mol. The van der Waals surface area contributed by atoms with Crippen LogP contribution in [0.3, 0.4) is 0 Å².